The lowest BCUT2D eigenvalue weighted by Crippen LogP contribution is -2.19. The van der Waals surface area contributed by atoms with Gasteiger partial charge in [0.05, 0.1) is 12.2 Å². The van der Waals surface area contributed by atoms with E-state index >= 15 is 0 Å². The second-order valence-electron chi connectivity index (χ2n) is 4.28. The molecule has 1 rings (SSSR count). The monoisotopic (exact) mass is 274 g/mol. The molecule has 17 heavy (non-hydrogen) atoms. The Morgan fingerprint density at radius 1 is 1.59 bits per heavy atom. The third-order valence-electron chi connectivity index (χ3n) is 3.12. The van der Waals surface area contributed by atoms with Gasteiger partial charge in [-0.25, -0.2) is 0 Å². The Kier molecular flexibility index (Phi) is 6.51. The molecule has 0 aromatic heterocycles. The van der Waals surface area contributed by atoms with E-state index in [0.29, 0.717) is 12.8 Å². The molecule has 2 unspecified atom stereocenters. The quantitative estimate of drug-likeness (QED) is 0.552. The predicted molar refractivity (Wildman–Crippen MR) is 75.4 cm³/mol. The molecule has 0 aromatic rings. The maximum absolute atomic E-state index is 11.9. The van der Waals surface area contributed by atoms with Crippen LogP contribution in [0, 0.1) is 11.8 Å². The van der Waals surface area contributed by atoms with Gasteiger partial charge in [-0.05, 0) is 13.3 Å². The van der Waals surface area contributed by atoms with Crippen molar-refractivity contribution in [2.75, 3.05) is 0 Å². The molecular formula is C12H20O3P2. The van der Waals surface area contributed by atoms with Gasteiger partial charge in [-0.1, -0.05) is 18.2 Å². The van der Waals surface area contributed by atoms with Crippen LogP contribution in [-0.2, 0) is 13.8 Å². The third kappa shape index (κ3) is 3.96. The molecular weight excluding hydrogens is 254 g/mol. The number of ketones is 1. The second kappa shape index (κ2) is 7.38. The number of rotatable bonds is 6. The molecule has 5 heteroatoms. The minimum Gasteiger partial charge on any atom is -0.361 e. The summed E-state index contributed by atoms with van der Waals surface area (Å²) in [6.45, 7) is 5.65. The van der Waals surface area contributed by atoms with E-state index in [-0.39, 0.29) is 29.8 Å². The van der Waals surface area contributed by atoms with Crippen molar-refractivity contribution < 1.29 is 13.8 Å². The first kappa shape index (κ1) is 15.0. The standard InChI is InChI=1S/C12H20O3P2/c1-3-4-9-10(6-5-8(2)14-16)12(15-17)7-11(9)13/h3,5-6,8-10,12H,1,4,7,16-17H2,2H3/t8-,9+,10+,12+/m0/s1. The van der Waals surface area contributed by atoms with Gasteiger partial charge < -0.3 is 9.05 Å². The van der Waals surface area contributed by atoms with Crippen LogP contribution in [0.3, 0.4) is 0 Å². The fraction of sp³-hybridized carbons (Fsp3) is 0.583. The summed E-state index contributed by atoms with van der Waals surface area (Å²) in [4.78, 5) is 11.9. The molecule has 0 amide bonds. The largest absolute Gasteiger partial charge is 0.361 e. The van der Waals surface area contributed by atoms with Crippen LogP contribution in [0.15, 0.2) is 24.8 Å². The highest BCUT2D eigenvalue weighted by atomic mass is 31.0. The maximum atomic E-state index is 11.9. The summed E-state index contributed by atoms with van der Waals surface area (Å²) < 4.78 is 10.4. The fourth-order valence-electron chi connectivity index (χ4n) is 2.15. The Morgan fingerprint density at radius 2 is 2.29 bits per heavy atom. The van der Waals surface area contributed by atoms with E-state index in [1.54, 1.807) is 6.08 Å². The van der Waals surface area contributed by atoms with Crippen molar-refractivity contribution in [3.63, 3.8) is 0 Å². The first-order chi connectivity index (χ1) is 8.13. The van der Waals surface area contributed by atoms with Crippen molar-refractivity contribution in [1.29, 1.82) is 0 Å². The molecule has 0 bridgehead atoms. The second-order valence-corrected chi connectivity index (χ2v) is 4.82. The highest BCUT2D eigenvalue weighted by Crippen LogP contribution is 2.36. The van der Waals surface area contributed by atoms with Gasteiger partial charge in [-0.15, -0.1) is 6.58 Å². The first-order valence-corrected chi connectivity index (χ1v) is 6.61. The average molecular weight is 274 g/mol. The Labute approximate surface area is 108 Å². The number of carbonyl (C=O) groups is 1. The predicted octanol–water partition coefficient (Wildman–Crippen LogP) is 2.69. The molecule has 0 heterocycles. The molecule has 0 N–H and O–H groups in total. The van der Waals surface area contributed by atoms with Gasteiger partial charge >= 0.3 is 0 Å². The Hall–Kier alpha value is -0.0700. The minimum atomic E-state index is -0.0505. The van der Waals surface area contributed by atoms with E-state index in [9.17, 15) is 4.79 Å². The van der Waals surface area contributed by atoms with Crippen LogP contribution >= 0.6 is 18.9 Å². The van der Waals surface area contributed by atoms with Gasteiger partial charge in [0.2, 0.25) is 0 Å². The number of Topliss-reactive ketones (excluding diaryl/α,β-unsaturated/α-hetero) is 1. The van der Waals surface area contributed by atoms with E-state index in [1.165, 1.54) is 0 Å². The zero-order valence-electron chi connectivity index (χ0n) is 10.0. The van der Waals surface area contributed by atoms with Gasteiger partial charge in [0, 0.05) is 37.2 Å². The molecule has 0 saturated heterocycles. The molecule has 0 aliphatic heterocycles. The third-order valence-corrected chi connectivity index (χ3v) is 3.90. The van der Waals surface area contributed by atoms with Crippen LogP contribution in [-0.4, -0.2) is 18.0 Å². The van der Waals surface area contributed by atoms with Gasteiger partial charge in [-0.3, -0.25) is 4.79 Å². The van der Waals surface area contributed by atoms with E-state index in [4.69, 9.17) is 9.05 Å². The zero-order chi connectivity index (χ0) is 12.8. The van der Waals surface area contributed by atoms with Gasteiger partial charge in [0.15, 0.2) is 0 Å². The lowest BCUT2D eigenvalue weighted by molar-refractivity contribution is -0.121. The molecule has 0 spiro atoms. The summed E-state index contributed by atoms with van der Waals surface area (Å²) in [5.74, 6) is 0.359. The van der Waals surface area contributed by atoms with Gasteiger partial charge in [-0.2, -0.15) is 0 Å². The first-order valence-electron chi connectivity index (χ1n) is 5.67. The van der Waals surface area contributed by atoms with Gasteiger partial charge in [0.1, 0.15) is 5.78 Å². The Morgan fingerprint density at radius 3 is 2.82 bits per heavy atom. The van der Waals surface area contributed by atoms with Gasteiger partial charge in [0.25, 0.3) is 0 Å². The number of carbonyl (C=O) groups excluding carboxylic acids is 1. The van der Waals surface area contributed by atoms with Crippen LogP contribution < -0.4 is 0 Å². The van der Waals surface area contributed by atoms with Crippen LogP contribution in [0.25, 0.3) is 0 Å². The SMILES string of the molecule is C=CC[C@H]1C(=O)C[C@@H](OP)[C@@H]1C=C[C@H](C)OP. The van der Waals surface area contributed by atoms with E-state index in [0.717, 1.165) is 0 Å². The number of hydrogen-bond acceptors (Lipinski definition) is 3. The van der Waals surface area contributed by atoms with Crippen LogP contribution in [0.2, 0.25) is 0 Å². The zero-order valence-corrected chi connectivity index (χ0v) is 12.4. The van der Waals surface area contributed by atoms with Crippen molar-refractivity contribution in [2.24, 2.45) is 11.8 Å². The van der Waals surface area contributed by atoms with E-state index < -0.39 is 0 Å². The molecule has 1 fully saturated rings. The molecule has 6 atom stereocenters. The van der Waals surface area contributed by atoms with Crippen LogP contribution in [0.5, 0.6) is 0 Å². The lowest BCUT2D eigenvalue weighted by Gasteiger charge is -2.18. The number of hydrogen-bond donors (Lipinski definition) is 0. The normalized spacial score (nSPS) is 31.0. The van der Waals surface area contributed by atoms with E-state index in [2.05, 4.69) is 25.5 Å². The molecule has 3 nitrogen and oxygen atoms in total. The Bertz CT molecular complexity index is 304. The molecule has 1 aliphatic rings. The summed E-state index contributed by atoms with van der Waals surface area (Å²) in [6.07, 6.45) is 6.94. The van der Waals surface area contributed by atoms with Crippen molar-refractivity contribution >= 4 is 24.7 Å². The highest BCUT2D eigenvalue weighted by Gasteiger charge is 2.40. The van der Waals surface area contributed by atoms with Crippen molar-refractivity contribution in [2.45, 2.75) is 32.0 Å². The summed E-state index contributed by atoms with van der Waals surface area (Å²) in [7, 11) is 4.49. The molecule has 1 aliphatic carbocycles. The van der Waals surface area contributed by atoms with E-state index in [1.807, 2.05) is 19.1 Å². The minimum absolute atomic E-state index is 0.00832. The van der Waals surface area contributed by atoms with Crippen LogP contribution in [0.4, 0.5) is 0 Å². The molecule has 0 aromatic carbocycles. The van der Waals surface area contributed by atoms with Crippen molar-refractivity contribution in [3.05, 3.63) is 24.8 Å². The lowest BCUT2D eigenvalue weighted by atomic mass is 9.90. The van der Waals surface area contributed by atoms with Crippen molar-refractivity contribution in [3.8, 4) is 0 Å². The molecule has 96 valence electrons. The van der Waals surface area contributed by atoms with Crippen molar-refractivity contribution in [1.82, 2.24) is 0 Å². The summed E-state index contributed by atoms with van der Waals surface area (Å²) in [5.41, 5.74) is 0. The smallest absolute Gasteiger partial charge is 0.139 e. The summed E-state index contributed by atoms with van der Waals surface area (Å²) >= 11 is 0. The summed E-state index contributed by atoms with van der Waals surface area (Å²) in [6, 6.07) is 0. The van der Waals surface area contributed by atoms with Crippen LogP contribution in [0.1, 0.15) is 19.8 Å². The molecule has 1 saturated carbocycles. The highest BCUT2D eigenvalue weighted by molar-refractivity contribution is 7.10. The fourth-order valence-corrected chi connectivity index (χ4v) is 2.52. The maximum Gasteiger partial charge on any atom is 0.139 e. The topological polar surface area (TPSA) is 35.5 Å². The molecule has 0 radical (unpaired) electrons. The average Bonchev–Trinajstić information content (AvgIpc) is 2.63. The Balaban J connectivity index is 2.77. The number of allylic oxidation sites excluding steroid dienone is 1. The summed E-state index contributed by atoms with van der Waals surface area (Å²) in [5, 5.41) is 0.